The van der Waals surface area contributed by atoms with Crippen LogP contribution in [-0.4, -0.2) is 11.9 Å². The molecule has 1 saturated carbocycles. The molecule has 2 rings (SSSR count). The van der Waals surface area contributed by atoms with E-state index < -0.39 is 0 Å². The molecule has 0 bridgehead atoms. The van der Waals surface area contributed by atoms with Crippen LogP contribution >= 0.6 is 11.6 Å². The van der Waals surface area contributed by atoms with Crippen molar-refractivity contribution in [3.63, 3.8) is 0 Å². The van der Waals surface area contributed by atoms with E-state index in [-0.39, 0.29) is 5.91 Å². The Morgan fingerprint density at radius 2 is 2.05 bits per heavy atom. The third kappa shape index (κ3) is 4.39. The van der Waals surface area contributed by atoms with E-state index in [1.54, 1.807) is 6.08 Å². The average Bonchev–Trinajstić information content (AvgIpc) is 2.41. The highest BCUT2D eigenvalue weighted by atomic mass is 35.5. The Bertz CT molecular complexity index is 476. The number of hydrogen-bond acceptors (Lipinski definition) is 1. The molecule has 1 aliphatic rings. The molecule has 1 aliphatic carbocycles. The lowest BCUT2D eigenvalue weighted by Crippen LogP contribution is -2.34. The van der Waals surface area contributed by atoms with Crippen LogP contribution in [0, 0.1) is 6.92 Å². The van der Waals surface area contributed by atoms with Gasteiger partial charge in [-0.15, -0.1) is 0 Å². The van der Waals surface area contributed by atoms with E-state index in [0.29, 0.717) is 6.04 Å². The fourth-order valence-electron chi connectivity index (χ4n) is 2.38. The van der Waals surface area contributed by atoms with Crippen LogP contribution in [0.15, 0.2) is 24.3 Å². The molecule has 0 atom stereocenters. The molecule has 19 heavy (non-hydrogen) atoms. The van der Waals surface area contributed by atoms with Gasteiger partial charge in [-0.2, -0.15) is 0 Å². The first kappa shape index (κ1) is 14.1. The molecule has 0 radical (unpaired) electrons. The quantitative estimate of drug-likeness (QED) is 0.828. The summed E-state index contributed by atoms with van der Waals surface area (Å²) in [6.45, 7) is 1.96. The summed E-state index contributed by atoms with van der Waals surface area (Å²) in [5.41, 5.74) is 2.00. The lowest BCUT2D eigenvalue weighted by molar-refractivity contribution is -0.117. The van der Waals surface area contributed by atoms with Gasteiger partial charge in [-0.05, 0) is 43.0 Å². The van der Waals surface area contributed by atoms with Gasteiger partial charge in [-0.1, -0.05) is 43.0 Å². The molecule has 102 valence electrons. The Balaban J connectivity index is 1.90. The molecule has 1 fully saturated rings. The van der Waals surface area contributed by atoms with Crippen molar-refractivity contribution in [2.75, 3.05) is 0 Å². The second-order valence-electron chi connectivity index (χ2n) is 5.19. The average molecular weight is 278 g/mol. The predicted octanol–water partition coefficient (Wildman–Crippen LogP) is 4.11. The van der Waals surface area contributed by atoms with Crippen LogP contribution in [0.1, 0.15) is 43.2 Å². The van der Waals surface area contributed by atoms with Gasteiger partial charge in [0.05, 0.1) is 0 Å². The summed E-state index contributed by atoms with van der Waals surface area (Å²) in [6.07, 6.45) is 9.36. The van der Waals surface area contributed by atoms with Crippen molar-refractivity contribution < 1.29 is 4.79 Å². The first-order chi connectivity index (χ1) is 9.15. The molecular formula is C16H20ClNO. The molecule has 1 N–H and O–H groups in total. The van der Waals surface area contributed by atoms with Gasteiger partial charge in [0, 0.05) is 17.1 Å². The van der Waals surface area contributed by atoms with Crippen molar-refractivity contribution in [2.45, 2.75) is 45.1 Å². The van der Waals surface area contributed by atoms with Crippen LogP contribution in [-0.2, 0) is 4.79 Å². The van der Waals surface area contributed by atoms with Gasteiger partial charge in [-0.3, -0.25) is 4.79 Å². The smallest absolute Gasteiger partial charge is 0.244 e. The van der Waals surface area contributed by atoms with Crippen LogP contribution in [0.3, 0.4) is 0 Å². The van der Waals surface area contributed by atoms with E-state index in [9.17, 15) is 4.79 Å². The molecule has 0 saturated heterocycles. The molecule has 1 amide bonds. The van der Waals surface area contributed by atoms with Gasteiger partial charge >= 0.3 is 0 Å². The summed E-state index contributed by atoms with van der Waals surface area (Å²) in [4.78, 5) is 11.8. The Morgan fingerprint density at radius 1 is 1.32 bits per heavy atom. The van der Waals surface area contributed by atoms with E-state index in [4.69, 9.17) is 11.6 Å². The molecular weight excluding hydrogens is 258 g/mol. The second kappa shape index (κ2) is 6.76. The summed E-state index contributed by atoms with van der Waals surface area (Å²) in [6, 6.07) is 6.15. The highest BCUT2D eigenvalue weighted by molar-refractivity contribution is 6.31. The molecule has 3 heteroatoms. The first-order valence-corrected chi connectivity index (χ1v) is 7.27. The van der Waals surface area contributed by atoms with Gasteiger partial charge in [0.1, 0.15) is 0 Å². The second-order valence-corrected chi connectivity index (χ2v) is 5.59. The molecule has 0 aliphatic heterocycles. The highest BCUT2D eigenvalue weighted by Gasteiger charge is 2.13. The Labute approximate surface area is 119 Å². The Kier molecular flexibility index (Phi) is 5.03. The largest absolute Gasteiger partial charge is 0.350 e. The number of amides is 1. The van der Waals surface area contributed by atoms with Gasteiger partial charge in [0.15, 0.2) is 0 Å². The number of hydrogen-bond donors (Lipinski definition) is 1. The molecule has 0 spiro atoms. The van der Waals surface area contributed by atoms with Crippen LogP contribution in [0.5, 0.6) is 0 Å². The SMILES string of the molecule is Cc1ccc(/C=C\C(=O)NC2CCCCC2)cc1Cl. The van der Waals surface area contributed by atoms with Gasteiger partial charge in [0.25, 0.3) is 0 Å². The number of rotatable bonds is 3. The minimum absolute atomic E-state index is 0.0106. The number of benzene rings is 1. The zero-order valence-electron chi connectivity index (χ0n) is 11.3. The fraction of sp³-hybridized carbons (Fsp3) is 0.438. The zero-order chi connectivity index (χ0) is 13.7. The molecule has 1 aromatic rings. The summed E-state index contributed by atoms with van der Waals surface area (Å²) in [5, 5.41) is 3.79. The molecule has 0 unspecified atom stereocenters. The van der Waals surface area contributed by atoms with Crippen LogP contribution < -0.4 is 5.32 Å². The lowest BCUT2D eigenvalue weighted by atomic mass is 9.95. The first-order valence-electron chi connectivity index (χ1n) is 6.90. The topological polar surface area (TPSA) is 29.1 Å². The maximum atomic E-state index is 11.8. The molecule has 0 aromatic heterocycles. The molecule has 1 aromatic carbocycles. The normalized spacial score (nSPS) is 16.7. The van der Waals surface area contributed by atoms with Crippen molar-refractivity contribution in [1.82, 2.24) is 5.32 Å². The Hall–Kier alpha value is -1.28. The zero-order valence-corrected chi connectivity index (χ0v) is 12.0. The predicted molar refractivity (Wildman–Crippen MR) is 80.2 cm³/mol. The number of halogens is 1. The van der Waals surface area contributed by atoms with Crippen molar-refractivity contribution in [3.05, 3.63) is 40.4 Å². The number of nitrogens with one attached hydrogen (secondary N) is 1. The van der Waals surface area contributed by atoms with Crippen molar-refractivity contribution >= 4 is 23.6 Å². The standard InChI is InChI=1S/C16H20ClNO/c1-12-7-8-13(11-15(12)17)9-10-16(19)18-14-5-3-2-4-6-14/h7-11,14H,2-6H2,1H3,(H,18,19)/b10-9-. The van der Waals surface area contributed by atoms with E-state index >= 15 is 0 Å². The number of carbonyl (C=O) groups is 1. The third-order valence-electron chi connectivity index (χ3n) is 3.57. The summed E-state index contributed by atoms with van der Waals surface area (Å²) in [5.74, 6) is -0.0106. The van der Waals surface area contributed by atoms with Gasteiger partial charge in [-0.25, -0.2) is 0 Å². The summed E-state index contributed by atoms with van der Waals surface area (Å²) in [7, 11) is 0. The monoisotopic (exact) mass is 277 g/mol. The van der Waals surface area contributed by atoms with Crippen molar-refractivity contribution in [3.8, 4) is 0 Å². The maximum absolute atomic E-state index is 11.8. The summed E-state index contributed by atoms with van der Waals surface area (Å²) >= 11 is 6.05. The van der Waals surface area contributed by atoms with Gasteiger partial charge in [0.2, 0.25) is 5.91 Å². The van der Waals surface area contributed by atoms with E-state index in [1.807, 2.05) is 31.2 Å². The maximum Gasteiger partial charge on any atom is 0.244 e. The van der Waals surface area contributed by atoms with E-state index in [1.165, 1.54) is 19.3 Å². The van der Waals surface area contributed by atoms with E-state index in [2.05, 4.69) is 5.32 Å². The van der Waals surface area contributed by atoms with Crippen molar-refractivity contribution in [1.29, 1.82) is 0 Å². The number of carbonyl (C=O) groups excluding carboxylic acids is 1. The minimum atomic E-state index is -0.0106. The van der Waals surface area contributed by atoms with E-state index in [0.717, 1.165) is 29.0 Å². The van der Waals surface area contributed by atoms with Crippen LogP contribution in [0.25, 0.3) is 6.08 Å². The Morgan fingerprint density at radius 3 is 2.74 bits per heavy atom. The van der Waals surface area contributed by atoms with Crippen LogP contribution in [0.2, 0.25) is 5.02 Å². The lowest BCUT2D eigenvalue weighted by Gasteiger charge is -2.21. The highest BCUT2D eigenvalue weighted by Crippen LogP contribution is 2.18. The molecule has 0 heterocycles. The van der Waals surface area contributed by atoms with Gasteiger partial charge < -0.3 is 5.32 Å². The van der Waals surface area contributed by atoms with Crippen LogP contribution in [0.4, 0.5) is 0 Å². The third-order valence-corrected chi connectivity index (χ3v) is 3.98. The summed E-state index contributed by atoms with van der Waals surface area (Å²) < 4.78 is 0. The fourth-order valence-corrected chi connectivity index (χ4v) is 2.57. The van der Waals surface area contributed by atoms with Crippen molar-refractivity contribution in [2.24, 2.45) is 0 Å². The minimum Gasteiger partial charge on any atom is -0.350 e. The number of aryl methyl sites for hydroxylation is 1. The molecule has 2 nitrogen and oxygen atoms in total.